The zero-order chi connectivity index (χ0) is 18.2. The minimum atomic E-state index is -0.254. The van der Waals surface area contributed by atoms with Gasteiger partial charge in [-0.2, -0.15) is 0 Å². The third-order valence-electron chi connectivity index (χ3n) is 4.58. The molecule has 0 amide bonds. The molecule has 0 bridgehead atoms. The molecule has 0 aliphatic carbocycles. The number of aliphatic imine (C=N–C) groups is 1. The van der Waals surface area contributed by atoms with E-state index in [1.54, 1.807) is 6.07 Å². The largest absolute Gasteiger partial charge is 0.393 e. The highest BCUT2D eigenvalue weighted by molar-refractivity contribution is 5.80. The smallest absolute Gasteiger partial charge is 0.191 e. The average molecular weight is 350 g/mol. The molecular formula is C19H31FN4O. The average Bonchev–Trinajstić information content (AvgIpc) is 2.61. The summed E-state index contributed by atoms with van der Waals surface area (Å²) < 4.78 is 14.5. The van der Waals surface area contributed by atoms with E-state index in [-0.39, 0.29) is 11.9 Å². The van der Waals surface area contributed by atoms with E-state index in [4.69, 9.17) is 0 Å². The van der Waals surface area contributed by atoms with E-state index in [2.05, 4.69) is 29.5 Å². The van der Waals surface area contributed by atoms with Crippen molar-refractivity contribution in [2.24, 2.45) is 4.99 Å². The van der Waals surface area contributed by atoms with Crippen LogP contribution in [-0.4, -0.2) is 42.8 Å². The maximum absolute atomic E-state index is 14.5. The number of hydrogen-bond acceptors (Lipinski definition) is 3. The van der Waals surface area contributed by atoms with E-state index in [0.29, 0.717) is 44.2 Å². The molecule has 1 fully saturated rings. The molecule has 1 saturated heterocycles. The number of halogens is 1. The Morgan fingerprint density at radius 2 is 2.08 bits per heavy atom. The molecule has 140 valence electrons. The fraction of sp³-hybridized carbons (Fsp3) is 0.632. The van der Waals surface area contributed by atoms with Gasteiger partial charge in [0.25, 0.3) is 0 Å². The molecule has 1 aliphatic rings. The second-order valence-electron chi connectivity index (χ2n) is 6.65. The van der Waals surface area contributed by atoms with Crippen molar-refractivity contribution in [2.45, 2.75) is 58.7 Å². The number of aliphatic hydroxyl groups excluding tert-OH is 1. The predicted octanol–water partition coefficient (Wildman–Crippen LogP) is 2.64. The highest BCUT2D eigenvalue weighted by Gasteiger charge is 2.19. The lowest BCUT2D eigenvalue weighted by Gasteiger charge is -2.31. The maximum atomic E-state index is 14.5. The van der Waals surface area contributed by atoms with E-state index in [0.717, 1.165) is 24.5 Å². The summed E-state index contributed by atoms with van der Waals surface area (Å²) in [7, 11) is 0. The van der Waals surface area contributed by atoms with Gasteiger partial charge in [-0.25, -0.2) is 9.38 Å². The van der Waals surface area contributed by atoms with E-state index < -0.39 is 0 Å². The molecule has 5 nitrogen and oxygen atoms in total. The Morgan fingerprint density at radius 3 is 2.68 bits per heavy atom. The number of nitrogens with zero attached hydrogens (tertiary/aromatic N) is 2. The summed E-state index contributed by atoms with van der Waals surface area (Å²) in [6.45, 7) is 8.86. The van der Waals surface area contributed by atoms with E-state index in [1.807, 2.05) is 24.0 Å². The van der Waals surface area contributed by atoms with Crippen LogP contribution in [0, 0.1) is 5.82 Å². The molecule has 1 aromatic rings. The van der Waals surface area contributed by atoms with Crippen molar-refractivity contribution in [3.8, 4) is 0 Å². The molecule has 0 radical (unpaired) electrons. The van der Waals surface area contributed by atoms with E-state index in [9.17, 15) is 9.50 Å². The van der Waals surface area contributed by atoms with Crippen LogP contribution in [0.4, 0.5) is 10.1 Å². The molecule has 0 aromatic heterocycles. The lowest BCUT2D eigenvalue weighted by Crippen LogP contribution is -2.41. The number of rotatable bonds is 6. The summed E-state index contributed by atoms with van der Waals surface area (Å²) >= 11 is 0. The van der Waals surface area contributed by atoms with Gasteiger partial charge in [0.15, 0.2) is 5.96 Å². The molecule has 0 spiro atoms. The fourth-order valence-electron chi connectivity index (χ4n) is 2.84. The third-order valence-corrected chi connectivity index (χ3v) is 4.58. The van der Waals surface area contributed by atoms with Gasteiger partial charge < -0.3 is 20.6 Å². The van der Waals surface area contributed by atoms with Crippen LogP contribution in [0.3, 0.4) is 0 Å². The number of benzene rings is 1. The molecule has 3 N–H and O–H groups in total. The topological polar surface area (TPSA) is 59.9 Å². The van der Waals surface area contributed by atoms with Gasteiger partial charge in [-0.15, -0.1) is 0 Å². The molecule has 0 saturated carbocycles. The van der Waals surface area contributed by atoms with Crippen molar-refractivity contribution in [3.63, 3.8) is 0 Å². The summed E-state index contributed by atoms with van der Waals surface area (Å²) in [4.78, 5) is 6.55. The molecule has 25 heavy (non-hydrogen) atoms. The summed E-state index contributed by atoms with van der Waals surface area (Å²) in [5, 5.41) is 16.1. The first kappa shape index (κ1) is 19.5. The molecule has 1 aliphatic heterocycles. The van der Waals surface area contributed by atoms with Gasteiger partial charge in [0, 0.05) is 25.7 Å². The quantitative estimate of drug-likeness (QED) is 0.545. The number of guanidine groups is 1. The fourth-order valence-corrected chi connectivity index (χ4v) is 2.84. The molecule has 1 atom stereocenters. The number of anilines is 1. The third kappa shape index (κ3) is 5.88. The number of hydrogen-bond donors (Lipinski definition) is 3. The normalized spacial score (nSPS) is 17.5. The molecule has 1 unspecified atom stereocenters. The van der Waals surface area contributed by atoms with Crippen molar-refractivity contribution in [2.75, 3.05) is 24.5 Å². The van der Waals surface area contributed by atoms with Gasteiger partial charge in [-0.1, -0.05) is 13.0 Å². The Kier molecular flexibility index (Phi) is 7.50. The molecule has 2 rings (SSSR count). The van der Waals surface area contributed by atoms with Gasteiger partial charge in [0.2, 0.25) is 0 Å². The molecule has 6 heteroatoms. The van der Waals surface area contributed by atoms with Crippen LogP contribution in [-0.2, 0) is 6.54 Å². The molecular weight excluding hydrogens is 319 g/mol. The van der Waals surface area contributed by atoms with Crippen molar-refractivity contribution in [3.05, 3.63) is 29.6 Å². The van der Waals surface area contributed by atoms with Crippen molar-refractivity contribution in [1.29, 1.82) is 0 Å². The first-order valence-corrected chi connectivity index (χ1v) is 9.29. The predicted molar refractivity (Wildman–Crippen MR) is 102 cm³/mol. The maximum Gasteiger partial charge on any atom is 0.191 e. The van der Waals surface area contributed by atoms with Gasteiger partial charge in [0.1, 0.15) is 5.82 Å². The van der Waals surface area contributed by atoms with E-state index in [1.165, 1.54) is 0 Å². The van der Waals surface area contributed by atoms with Crippen LogP contribution in [0.5, 0.6) is 0 Å². The van der Waals surface area contributed by atoms with Gasteiger partial charge in [-0.05, 0) is 50.8 Å². The van der Waals surface area contributed by atoms with Gasteiger partial charge >= 0.3 is 0 Å². The lowest BCUT2D eigenvalue weighted by molar-refractivity contribution is 0.145. The second-order valence-corrected chi connectivity index (χ2v) is 6.65. The molecule has 1 heterocycles. The van der Waals surface area contributed by atoms with Crippen molar-refractivity contribution in [1.82, 2.24) is 10.6 Å². The number of piperidine rings is 1. The number of nitrogens with one attached hydrogen (secondary N) is 2. The summed E-state index contributed by atoms with van der Waals surface area (Å²) in [6.07, 6.45) is 2.14. The SMILES string of the molecule is CCNC(=NCc1ccc(N2CCC(O)CC2)c(F)c1)NC(C)CC. The second kappa shape index (κ2) is 9.61. The van der Waals surface area contributed by atoms with E-state index >= 15 is 0 Å². The minimum absolute atomic E-state index is 0.219. The van der Waals surface area contributed by atoms with Crippen LogP contribution < -0.4 is 15.5 Å². The van der Waals surface area contributed by atoms with Crippen LogP contribution in [0.25, 0.3) is 0 Å². The van der Waals surface area contributed by atoms with Gasteiger partial charge in [-0.3, -0.25) is 0 Å². The highest BCUT2D eigenvalue weighted by Crippen LogP contribution is 2.24. The van der Waals surface area contributed by atoms with Crippen LogP contribution >= 0.6 is 0 Å². The van der Waals surface area contributed by atoms with Crippen molar-refractivity contribution >= 4 is 11.6 Å². The summed E-state index contributed by atoms with van der Waals surface area (Å²) in [5.74, 6) is 0.537. The standard InChI is InChI=1S/C19H31FN4O/c1-4-14(3)23-19(21-5-2)22-13-15-6-7-18(17(20)12-15)24-10-8-16(25)9-11-24/h6-7,12,14,16,25H,4-5,8-11,13H2,1-3H3,(H2,21,22,23). The summed E-state index contributed by atoms with van der Waals surface area (Å²) in [6, 6.07) is 5.66. The van der Waals surface area contributed by atoms with Crippen LogP contribution in [0.1, 0.15) is 45.6 Å². The lowest BCUT2D eigenvalue weighted by atomic mass is 10.1. The van der Waals surface area contributed by atoms with Gasteiger partial charge in [0.05, 0.1) is 18.3 Å². The summed E-state index contributed by atoms with van der Waals surface area (Å²) in [5.41, 5.74) is 1.46. The highest BCUT2D eigenvalue weighted by atomic mass is 19.1. The minimum Gasteiger partial charge on any atom is -0.393 e. The Labute approximate surface area is 150 Å². The first-order valence-electron chi connectivity index (χ1n) is 9.29. The van der Waals surface area contributed by atoms with Crippen LogP contribution in [0.15, 0.2) is 23.2 Å². The van der Waals surface area contributed by atoms with Crippen LogP contribution in [0.2, 0.25) is 0 Å². The first-order chi connectivity index (χ1) is 12.0. The zero-order valence-electron chi connectivity index (χ0n) is 15.6. The number of aliphatic hydroxyl groups is 1. The monoisotopic (exact) mass is 350 g/mol. The molecule has 1 aromatic carbocycles. The Hall–Kier alpha value is -1.82. The Balaban J connectivity index is 2.02. The van der Waals surface area contributed by atoms with Crippen molar-refractivity contribution < 1.29 is 9.50 Å². The Morgan fingerprint density at radius 1 is 1.36 bits per heavy atom. The Bertz CT molecular complexity index is 571. The zero-order valence-corrected chi connectivity index (χ0v) is 15.6.